The number of rotatable bonds is 4. The van der Waals surface area contributed by atoms with Crippen molar-refractivity contribution < 1.29 is 22.7 Å². The zero-order chi connectivity index (χ0) is 16.9. The fraction of sp³-hybridized carbons (Fsp3) is 0.438. The first-order valence-corrected chi connectivity index (χ1v) is 9.27. The minimum absolute atomic E-state index is 0.0576. The smallest absolute Gasteiger partial charge is 0.243 e. The molecule has 2 aliphatic heterocycles. The van der Waals surface area contributed by atoms with Gasteiger partial charge in [0.05, 0.1) is 4.90 Å². The lowest BCUT2D eigenvalue weighted by Crippen LogP contribution is -2.37. The summed E-state index contributed by atoms with van der Waals surface area (Å²) in [6, 6.07) is 4.75. The van der Waals surface area contributed by atoms with Gasteiger partial charge in [-0.15, -0.1) is 0 Å². The SMILES string of the molecule is C=CC(=O)NC1C2CN(S(=O)(=O)c3ccc4c(c3)OCCO4)CC21. The lowest BCUT2D eigenvalue weighted by molar-refractivity contribution is -0.116. The summed E-state index contributed by atoms with van der Waals surface area (Å²) in [5.74, 6) is 1.18. The minimum atomic E-state index is -3.57. The fourth-order valence-corrected chi connectivity index (χ4v) is 4.99. The van der Waals surface area contributed by atoms with E-state index >= 15 is 0 Å². The van der Waals surface area contributed by atoms with Crippen LogP contribution in [-0.4, -0.2) is 51.0 Å². The molecular formula is C16H18N2O5S. The molecule has 3 aliphatic rings. The summed E-state index contributed by atoms with van der Waals surface area (Å²) in [7, 11) is -3.57. The first-order chi connectivity index (χ1) is 11.5. The van der Waals surface area contributed by atoms with E-state index in [0.717, 1.165) is 0 Å². The topological polar surface area (TPSA) is 84.9 Å². The van der Waals surface area contributed by atoms with Gasteiger partial charge in [0.25, 0.3) is 0 Å². The number of sulfonamides is 1. The molecule has 24 heavy (non-hydrogen) atoms. The Bertz CT molecular complexity index is 795. The highest BCUT2D eigenvalue weighted by molar-refractivity contribution is 7.89. The lowest BCUT2D eigenvalue weighted by Gasteiger charge is -2.22. The monoisotopic (exact) mass is 350 g/mol. The normalized spacial score (nSPS) is 28.1. The van der Waals surface area contributed by atoms with Crippen molar-refractivity contribution in [3.8, 4) is 11.5 Å². The average molecular weight is 350 g/mol. The Hall–Kier alpha value is -2.06. The van der Waals surface area contributed by atoms with Crippen LogP contribution in [0, 0.1) is 11.8 Å². The van der Waals surface area contributed by atoms with E-state index in [4.69, 9.17) is 9.47 Å². The number of ether oxygens (including phenoxy) is 2. The van der Waals surface area contributed by atoms with E-state index in [9.17, 15) is 13.2 Å². The van der Waals surface area contributed by atoms with Crippen molar-refractivity contribution in [2.45, 2.75) is 10.9 Å². The largest absolute Gasteiger partial charge is 0.486 e. The Balaban J connectivity index is 1.48. The summed E-state index contributed by atoms with van der Waals surface area (Å²) in [6.45, 7) is 5.14. The van der Waals surface area contributed by atoms with E-state index in [2.05, 4.69) is 11.9 Å². The van der Waals surface area contributed by atoms with Crippen molar-refractivity contribution >= 4 is 15.9 Å². The molecule has 0 aromatic heterocycles. The van der Waals surface area contributed by atoms with Gasteiger partial charge < -0.3 is 14.8 Å². The summed E-state index contributed by atoms with van der Waals surface area (Å²) >= 11 is 0. The van der Waals surface area contributed by atoms with Gasteiger partial charge in [0.15, 0.2) is 11.5 Å². The van der Waals surface area contributed by atoms with Crippen LogP contribution in [0.4, 0.5) is 0 Å². The van der Waals surface area contributed by atoms with Crippen molar-refractivity contribution in [1.29, 1.82) is 0 Å². The second-order valence-corrected chi connectivity index (χ2v) is 8.13. The van der Waals surface area contributed by atoms with Crippen molar-refractivity contribution in [3.05, 3.63) is 30.9 Å². The van der Waals surface area contributed by atoms with Crippen molar-refractivity contribution in [1.82, 2.24) is 9.62 Å². The Kier molecular flexibility index (Phi) is 3.54. The third-order valence-corrected chi connectivity index (χ3v) is 6.63. The van der Waals surface area contributed by atoms with Gasteiger partial charge in [-0.25, -0.2) is 8.42 Å². The van der Waals surface area contributed by atoms with Gasteiger partial charge in [-0.1, -0.05) is 6.58 Å². The van der Waals surface area contributed by atoms with Crippen LogP contribution in [0.2, 0.25) is 0 Å². The van der Waals surface area contributed by atoms with E-state index in [1.807, 2.05) is 0 Å². The first-order valence-electron chi connectivity index (χ1n) is 7.83. The third-order valence-electron chi connectivity index (χ3n) is 4.81. The number of piperidine rings is 1. The molecule has 2 heterocycles. The number of fused-ring (bicyclic) bond motifs is 2. The molecule has 1 amide bonds. The van der Waals surface area contributed by atoms with Gasteiger partial charge in [0.1, 0.15) is 13.2 Å². The molecule has 2 atom stereocenters. The molecule has 8 heteroatoms. The van der Waals surface area contributed by atoms with Crippen LogP contribution in [0.3, 0.4) is 0 Å². The molecule has 0 bridgehead atoms. The molecule has 4 rings (SSSR count). The highest BCUT2D eigenvalue weighted by Crippen LogP contribution is 2.47. The number of nitrogens with zero attached hydrogens (tertiary/aromatic N) is 1. The Morgan fingerprint density at radius 3 is 2.54 bits per heavy atom. The minimum Gasteiger partial charge on any atom is -0.486 e. The number of benzene rings is 1. The lowest BCUT2D eigenvalue weighted by atomic mass is 10.3. The second-order valence-electron chi connectivity index (χ2n) is 6.19. The van der Waals surface area contributed by atoms with Crippen molar-refractivity contribution in [2.75, 3.05) is 26.3 Å². The van der Waals surface area contributed by atoms with E-state index < -0.39 is 10.0 Å². The molecule has 1 saturated carbocycles. The van der Waals surface area contributed by atoms with E-state index in [1.54, 1.807) is 12.1 Å². The molecule has 2 fully saturated rings. The van der Waals surface area contributed by atoms with Gasteiger partial charge in [0.2, 0.25) is 15.9 Å². The fourth-order valence-electron chi connectivity index (χ4n) is 3.45. The van der Waals surface area contributed by atoms with Gasteiger partial charge >= 0.3 is 0 Å². The molecule has 1 saturated heterocycles. The predicted octanol–water partition coefficient (Wildman–Crippen LogP) is 0.379. The standard InChI is InChI=1S/C16H18N2O5S/c1-2-15(19)17-16-11-8-18(9-12(11)16)24(20,21)10-3-4-13-14(7-10)23-6-5-22-13/h2-4,7,11-12,16H,1,5-6,8-9H2,(H,17,19). The van der Waals surface area contributed by atoms with E-state index in [-0.39, 0.29) is 28.7 Å². The Labute approximate surface area is 140 Å². The molecule has 1 aromatic carbocycles. The van der Waals surface area contributed by atoms with Gasteiger partial charge in [-0.2, -0.15) is 4.31 Å². The predicted molar refractivity (Wildman–Crippen MR) is 85.3 cm³/mol. The van der Waals surface area contributed by atoms with Crippen LogP contribution in [-0.2, 0) is 14.8 Å². The van der Waals surface area contributed by atoms with Crippen molar-refractivity contribution in [3.63, 3.8) is 0 Å². The van der Waals surface area contributed by atoms with Gasteiger partial charge in [-0.05, 0) is 30.0 Å². The first kappa shape index (κ1) is 15.5. The Morgan fingerprint density at radius 2 is 1.88 bits per heavy atom. The maximum atomic E-state index is 12.8. The molecule has 1 aliphatic carbocycles. The molecule has 0 spiro atoms. The maximum absolute atomic E-state index is 12.8. The molecule has 2 unspecified atom stereocenters. The quantitative estimate of drug-likeness (QED) is 0.794. The van der Waals surface area contributed by atoms with Gasteiger partial charge in [-0.3, -0.25) is 4.79 Å². The maximum Gasteiger partial charge on any atom is 0.243 e. The molecule has 7 nitrogen and oxygen atoms in total. The van der Waals surface area contributed by atoms with Crippen LogP contribution < -0.4 is 14.8 Å². The average Bonchev–Trinajstić information content (AvgIpc) is 3.03. The third kappa shape index (κ3) is 2.46. The molecule has 128 valence electrons. The van der Waals surface area contributed by atoms with Gasteiger partial charge in [0, 0.05) is 25.2 Å². The summed E-state index contributed by atoms with van der Waals surface area (Å²) in [4.78, 5) is 11.6. The molecular weight excluding hydrogens is 332 g/mol. The molecule has 0 radical (unpaired) electrons. The summed E-state index contributed by atoms with van der Waals surface area (Å²) in [5, 5.41) is 2.84. The van der Waals surface area contributed by atoms with Crippen LogP contribution in [0.25, 0.3) is 0 Å². The molecule has 1 aromatic rings. The summed E-state index contributed by atoms with van der Waals surface area (Å²) in [6.07, 6.45) is 1.23. The van der Waals surface area contributed by atoms with Crippen LogP contribution in [0.5, 0.6) is 11.5 Å². The van der Waals surface area contributed by atoms with Crippen molar-refractivity contribution in [2.24, 2.45) is 11.8 Å². The number of carbonyl (C=O) groups is 1. The number of hydrogen-bond acceptors (Lipinski definition) is 5. The number of nitrogens with one attached hydrogen (secondary N) is 1. The second kappa shape index (κ2) is 5.49. The zero-order valence-corrected chi connectivity index (χ0v) is 13.8. The van der Waals surface area contributed by atoms with E-state index in [1.165, 1.54) is 16.4 Å². The van der Waals surface area contributed by atoms with Crippen LogP contribution >= 0.6 is 0 Å². The highest BCUT2D eigenvalue weighted by atomic mass is 32.2. The zero-order valence-electron chi connectivity index (χ0n) is 13.0. The molecule has 1 N–H and O–H groups in total. The summed E-state index contributed by atoms with van der Waals surface area (Å²) in [5.41, 5.74) is 0. The number of carbonyl (C=O) groups excluding carboxylic acids is 1. The highest BCUT2D eigenvalue weighted by Gasteiger charge is 2.58. The van der Waals surface area contributed by atoms with Crippen LogP contribution in [0.15, 0.2) is 35.7 Å². The number of hydrogen-bond donors (Lipinski definition) is 1. The van der Waals surface area contributed by atoms with Crippen LogP contribution in [0.1, 0.15) is 0 Å². The Morgan fingerprint density at radius 1 is 1.21 bits per heavy atom. The van der Waals surface area contributed by atoms with E-state index in [0.29, 0.717) is 37.8 Å². The summed E-state index contributed by atoms with van der Waals surface area (Å²) < 4.78 is 38.0. The number of amides is 1.